The summed E-state index contributed by atoms with van der Waals surface area (Å²) in [4.78, 5) is 0.148. The van der Waals surface area contributed by atoms with E-state index in [2.05, 4.69) is 9.82 Å². The highest BCUT2D eigenvalue weighted by atomic mass is 32.2. The van der Waals surface area contributed by atoms with Crippen LogP contribution in [0.2, 0.25) is 0 Å². The predicted molar refractivity (Wildman–Crippen MR) is 76.3 cm³/mol. The maximum Gasteiger partial charge on any atom is 0.240 e. The van der Waals surface area contributed by atoms with E-state index in [1.54, 1.807) is 36.1 Å². The van der Waals surface area contributed by atoms with Gasteiger partial charge in [0.15, 0.2) is 0 Å². The zero-order valence-electron chi connectivity index (χ0n) is 11.6. The van der Waals surface area contributed by atoms with Gasteiger partial charge in [0.05, 0.1) is 23.7 Å². The molecule has 0 aliphatic heterocycles. The Kier molecular flexibility index (Phi) is 4.94. The summed E-state index contributed by atoms with van der Waals surface area (Å²) >= 11 is 0. The Morgan fingerprint density at radius 1 is 1.29 bits per heavy atom. The summed E-state index contributed by atoms with van der Waals surface area (Å²) in [7, 11) is -1.82. The van der Waals surface area contributed by atoms with Crippen LogP contribution in [-0.4, -0.2) is 36.5 Å². The van der Waals surface area contributed by atoms with E-state index >= 15 is 0 Å². The third-order valence-electron chi connectivity index (χ3n) is 2.71. The quantitative estimate of drug-likeness (QED) is 0.765. The second-order valence-corrected chi connectivity index (χ2v) is 6.12. The molecule has 0 unspecified atom stereocenters. The van der Waals surface area contributed by atoms with Crippen LogP contribution in [0.3, 0.4) is 0 Å². The summed E-state index contributed by atoms with van der Waals surface area (Å²) < 4.78 is 33.5. The Labute approximate surface area is 123 Å². The van der Waals surface area contributed by atoms with E-state index in [0.29, 0.717) is 11.4 Å². The van der Waals surface area contributed by atoms with Crippen molar-refractivity contribution in [1.29, 1.82) is 0 Å². The number of aromatic nitrogens is 2. The first kappa shape index (κ1) is 15.5. The van der Waals surface area contributed by atoms with Crippen molar-refractivity contribution in [3.63, 3.8) is 0 Å². The highest BCUT2D eigenvalue weighted by Gasteiger charge is 2.14. The molecule has 0 saturated carbocycles. The molecule has 0 bridgehead atoms. The van der Waals surface area contributed by atoms with Crippen LogP contribution in [0.4, 0.5) is 0 Å². The van der Waals surface area contributed by atoms with Gasteiger partial charge < -0.3 is 9.84 Å². The first-order valence-corrected chi connectivity index (χ1v) is 7.81. The first-order valence-electron chi connectivity index (χ1n) is 6.33. The van der Waals surface area contributed by atoms with Crippen LogP contribution in [0.1, 0.15) is 5.69 Å². The molecular formula is C13H17N3O4S. The van der Waals surface area contributed by atoms with Crippen molar-refractivity contribution in [1.82, 2.24) is 14.5 Å². The van der Waals surface area contributed by atoms with E-state index < -0.39 is 10.0 Å². The Balaban J connectivity index is 2.01. The second-order valence-electron chi connectivity index (χ2n) is 4.35. The van der Waals surface area contributed by atoms with E-state index in [4.69, 9.17) is 9.84 Å². The fourth-order valence-corrected chi connectivity index (χ4v) is 2.69. The van der Waals surface area contributed by atoms with Gasteiger partial charge in [-0.05, 0) is 30.3 Å². The number of rotatable bonds is 7. The van der Waals surface area contributed by atoms with Crippen LogP contribution in [-0.2, 0) is 23.6 Å². The van der Waals surface area contributed by atoms with Gasteiger partial charge in [-0.15, -0.1) is 0 Å². The minimum Gasteiger partial charge on any atom is -0.491 e. The standard InChI is InChI=1S/C13H17N3O4S/c1-16-7-6-11(15-16)10-14-21(18,19)13-4-2-12(3-5-13)20-9-8-17/h2-7,14,17H,8-10H2,1H3. The lowest BCUT2D eigenvalue weighted by Crippen LogP contribution is -2.23. The molecule has 1 aromatic carbocycles. The molecule has 1 heterocycles. The predicted octanol–water partition coefficient (Wildman–Crippen LogP) is 0.270. The molecule has 0 aliphatic rings. The zero-order chi connectivity index (χ0) is 15.3. The maximum atomic E-state index is 12.1. The molecular weight excluding hydrogens is 294 g/mol. The van der Waals surface area contributed by atoms with Gasteiger partial charge in [0.2, 0.25) is 10.0 Å². The minimum absolute atomic E-state index is 0.0916. The molecule has 7 nitrogen and oxygen atoms in total. The van der Waals surface area contributed by atoms with E-state index in [1.807, 2.05) is 0 Å². The first-order chi connectivity index (χ1) is 10.0. The van der Waals surface area contributed by atoms with Crippen LogP contribution < -0.4 is 9.46 Å². The molecule has 8 heteroatoms. The number of sulfonamides is 1. The van der Waals surface area contributed by atoms with Crippen LogP contribution in [0, 0.1) is 0 Å². The van der Waals surface area contributed by atoms with Crippen molar-refractivity contribution in [3.8, 4) is 5.75 Å². The van der Waals surface area contributed by atoms with Gasteiger partial charge in [-0.1, -0.05) is 0 Å². The van der Waals surface area contributed by atoms with Crippen molar-refractivity contribution in [3.05, 3.63) is 42.2 Å². The van der Waals surface area contributed by atoms with Crippen molar-refractivity contribution < 1.29 is 18.3 Å². The number of nitrogens with zero attached hydrogens (tertiary/aromatic N) is 2. The lowest BCUT2D eigenvalue weighted by Gasteiger charge is -2.07. The molecule has 2 N–H and O–H groups in total. The fraction of sp³-hybridized carbons (Fsp3) is 0.308. The lowest BCUT2D eigenvalue weighted by atomic mass is 10.3. The summed E-state index contributed by atoms with van der Waals surface area (Å²) in [6.07, 6.45) is 1.75. The Morgan fingerprint density at radius 2 is 2.00 bits per heavy atom. The van der Waals surface area contributed by atoms with E-state index in [1.165, 1.54) is 12.1 Å². The largest absolute Gasteiger partial charge is 0.491 e. The summed E-state index contributed by atoms with van der Waals surface area (Å²) in [5.41, 5.74) is 0.643. The fourth-order valence-electron chi connectivity index (χ4n) is 1.69. The summed E-state index contributed by atoms with van der Waals surface area (Å²) in [6, 6.07) is 7.74. The molecule has 0 spiro atoms. The van der Waals surface area contributed by atoms with Gasteiger partial charge in [0, 0.05) is 13.2 Å². The average molecular weight is 311 g/mol. The van der Waals surface area contributed by atoms with Gasteiger partial charge in [-0.25, -0.2) is 13.1 Å². The number of benzene rings is 1. The minimum atomic E-state index is -3.59. The van der Waals surface area contributed by atoms with Gasteiger partial charge in [0.25, 0.3) is 0 Å². The van der Waals surface area contributed by atoms with Gasteiger partial charge in [-0.2, -0.15) is 5.10 Å². The molecule has 0 atom stereocenters. The van der Waals surface area contributed by atoms with Crippen molar-refractivity contribution in [2.24, 2.45) is 7.05 Å². The molecule has 2 aromatic rings. The molecule has 0 aliphatic carbocycles. The van der Waals surface area contributed by atoms with Crippen molar-refractivity contribution in [2.75, 3.05) is 13.2 Å². The highest BCUT2D eigenvalue weighted by molar-refractivity contribution is 7.89. The maximum absolute atomic E-state index is 12.1. The number of aryl methyl sites for hydroxylation is 1. The molecule has 0 saturated heterocycles. The Morgan fingerprint density at radius 3 is 2.57 bits per heavy atom. The van der Waals surface area contributed by atoms with Gasteiger partial charge >= 0.3 is 0 Å². The molecule has 21 heavy (non-hydrogen) atoms. The molecule has 0 radical (unpaired) electrons. The smallest absolute Gasteiger partial charge is 0.240 e. The van der Waals surface area contributed by atoms with E-state index in [0.717, 1.165) is 0 Å². The number of ether oxygens (including phenoxy) is 1. The van der Waals surface area contributed by atoms with Crippen LogP contribution in [0.25, 0.3) is 0 Å². The molecule has 114 valence electrons. The number of hydrogen-bond donors (Lipinski definition) is 2. The third-order valence-corrected chi connectivity index (χ3v) is 4.12. The summed E-state index contributed by atoms with van der Waals surface area (Å²) in [6.45, 7) is 0.210. The van der Waals surface area contributed by atoms with Gasteiger partial charge in [0.1, 0.15) is 12.4 Å². The number of nitrogens with one attached hydrogen (secondary N) is 1. The van der Waals surface area contributed by atoms with Crippen molar-refractivity contribution >= 4 is 10.0 Å². The Hall–Kier alpha value is -1.90. The lowest BCUT2D eigenvalue weighted by molar-refractivity contribution is 0.201. The third kappa shape index (κ3) is 4.28. The molecule has 1 aromatic heterocycles. The van der Waals surface area contributed by atoms with Crippen molar-refractivity contribution in [2.45, 2.75) is 11.4 Å². The summed E-state index contributed by atoms with van der Waals surface area (Å²) in [5.74, 6) is 0.507. The Bertz CT molecular complexity index is 680. The molecule has 0 amide bonds. The average Bonchev–Trinajstić information content (AvgIpc) is 2.89. The summed E-state index contributed by atoms with van der Waals surface area (Å²) in [5, 5.41) is 12.8. The van der Waals surface area contributed by atoms with E-state index in [-0.39, 0.29) is 24.7 Å². The van der Waals surface area contributed by atoms with Crippen LogP contribution in [0.5, 0.6) is 5.75 Å². The van der Waals surface area contributed by atoms with E-state index in [9.17, 15) is 8.42 Å². The number of aliphatic hydroxyl groups is 1. The number of hydrogen-bond acceptors (Lipinski definition) is 5. The van der Waals surface area contributed by atoms with Gasteiger partial charge in [-0.3, -0.25) is 4.68 Å². The second kappa shape index (κ2) is 6.70. The molecule has 0 fully saturated rings. The zero-order valence-corrected chi connectivity index (χ0v) is 12.4. The van der Waals surface area contributed by atoms with Crippen LogP contribution in [0.15, 0.2) is 41.4 Å². The highest BCUT2D eigenvalue weighted by Crippen LogP contribution is 2.16. The normalized spacial score (nSPS) is 11.5. The topological polar surface area (TPSA) is 93.5 Å². The number of aliphatic hydroxyl groups excluding tert-OH is 1. The SMILES string of the molecule is Cn1ccc(CNS(=O)(=O)c2ccc(OCCO)cc2)n1. The monoisotopic (exact) mass is 311 g/mol. The van der Waals surface area contributed by atoms with Crippen LogP contribution >= 0.6 is 0 Å². The molecule has 2 rings (SSSR count).